The molecule has 0 radical (unpaired) electrons. The number of benzene rings is 2. The first-order valence-electron chi connectivity index (χ1n) is 8.05. The van der Waals surface area contributed by atoms with Gasteiger partial charge in [-0.3, -0.25) is 0 Å². The lowest BCUT2D eigenvalue weighted by molar-refractivity contribution is 0.248. The van der Waals surface area contributed by atoms with Crippen molar-refractivity contribution in [3.05, 3.63) is 59.8 Å². The van der Waals surface area contributed by atoms with Gasteiger partial charge < -0.3 is 20.4 Å². The topological polar surface area (TPSA) is 66.2 Å². The van der Waals surface area contributed by atoms with Crippen molar-refractivity contribution >= 4 is 22.6 Å². The Morgan fingerprint density at radius 1 is 1.25 bits per heavy atom. The van der Waals surface area contributed by atoms with E-state index in [1.165, 1.54) is 5.56 Å². The maximum atomic E-state index is 12.3. The fourth-order valence-corrected chi connectivity index (χ4v) is 3.41. The number of hydrogen-bond donors (Lipinski definition) is 3. The number of H-pyrrole nitrogens is 1. The molecule has 3 aromatic rings. The lowest BCUT2D eigenvalue weighted by Crippen LogP contribution is -2.31. The molecule has 1 aromatic heterocycles. The summed E-state index contributed by atoms with van der Waals surface area (Å²) < 4.78 is 5.41. The fourth-order valence-electron chi connectivity index (χ4n) is 3.41. The maximum Gasteiger partial charge on any atom is 0.319 e. The van der Waals surface area contributed by atoms with Gasteiger partial charge in [-0.15, -0.1) is 0 Å². The molecule has 0 aliphatic heterocycles. The third kappa shape index (κ3) is 2.58. The third-order valence-corrected chi connectivity index (χ3v) is 4.57. The fraction of sp³-hybridized carbons (Fsp3) is 0.211. The van der Waals surface area contributed by atoms with E-state index in [2.05, 4.69) is 21.7 Å². The first-order valence-corrected chi connectivity index (χ1v) is 8.05. The molecule has 5 heteroatoms. The van der Waals surface area contributed by atoms with Crippen molar-refractivity contribution in [3.63, 3.8) is 0 Å². The number of urea groups is 1. The molecule has 0 saturated heterocycles. The van der Waals surface area contributed by atoms with Crippen molar-refractivity contribution in [1.29, 1.82) is 0 Å². The predicted octanol–water partition coefficient (Wildman–Crippen LogP) is 3.99. The summed E-state index contributed by atoms with van der Waals surface area (Å²) in [6.07, 6.45) is 3.69. The summed E-state index contributed by atoms with van der Waals surface area (Å²) in [5, 5.41) is 7.09. The Hall–Kier alpha value is -2.95. The van der Waals surface area contributed by atoms with E-state index in [1.54, 1.807) is 7.11 Å². The smallest absolute Gasteiger partial charge is 0.319 e. The Balaban J connectivity index is 1.47. The van der Waals surface area contributed by atoms with Gasteiger partial charge in [0, 0.05) is 17.4 Å². The van der Waals surface area contributed by atoms with Gasteiger partial charge in [0.25, 0.3) is 0 Å². The first-order chi connectivity index (χ1) is 11.7. The minimum Gasteiger partial charge on any atom is -0.496 e. The van der Waals surface area contributed by atoms with Crippen LogP contribution < -0.4 is 15.4 Å². The van der Waals surface area contributed by atoms with E-state index in [-0.39, 0.29) is 12.1 Å². The molecule has 2 aromatic carbocycles. The minimum atomic E-state index is -0.193. The highest BCUT2D eigenvalue weighted by Gasteiger charge is 2.26. The average molecular weight is 321 g/mol. The normalized spacial score (nSPS) is 16.0. The van der Waals surface area contributed by atoms with Crippen LogP contribution in [0.2, 0.25) is 0 Å². The monoisotopic (exact) mass is 321 g/mol. The highest BCUT2D eigenvalue weighted by molar-refractivity contribution is 5.92. The van der Waals surface area contributed by atoms with Gasteiger partial charge in [-0.05, 0) is 53.6 Å². The SMILES string of the molecule is COc1cccc2c1CCC2NC(=O)Nc1ccc2cc[nH]c2c1. The average Bonchev–Trinajstić information content (AvgIpc) is 3.21. The third-order valence-electron chi connectivity index (χ3n) is 4.57. The van der Waals surface area contributed by atoms with E-state index in [1.807, 2.05) is 42.6 Å². The number of carbonyl (C=O) groups excluding carboxylic acids is 1. The van der Waals surface area contributed by atoms with Gasteiger partial charge in [-0.1, -0.05) is 18.2 Å². The highest BCUT2D eigenvalue weighted by atomic mass is 16.5. The first kappa shape index (κ1) is 14.6. The number of anilines is 1. The van der Waals surface area contributed by atoms with Gasteiger partial charge in [-0.2, -0.15) is 0 Å². The van der Waals surface area contributed by atoms with Gasteiger partial charge >= 0.3 is 6.03 Å². The summed E-state index contributed by atoms with van der Waals surface area (Å²) in [5.74, 6) is 0.898. The maximum absolute atomic E-state index is 12.3. The predicted molar refractivity (Wildman–Crippen MR) is 94.5 cm³/mol. The molecular formula is C19H19N3O2. The zero-order chi connectivity index (χ0) is 16.5. The summed E-state index contributed by atoms with van der Waals surface area (Å²) in [7, 11) is 1.68. The Bertz CT molecular complexity index is 901. The van der Waals surface area contributed by atoms with Gasteiger partial charge in [-0.25, -0.2) is 4.79 Å². The Kier molecular flexibility index (Phi) is 3.61. The molecule has 4 rings (SSSR count). The van der Waals surface area contributed by atoms with E-state index >= 15 is 0 Å². The van der Waals surface area contributed by atoms with Crippen LogP contribution in [0.1, 0.15) is 23.6 Å². The summed E-state index contributed by atoms with van der Waals surface area (Å²) in [6.45, 7) is 0. The van der Waals surface area contributed by atoms with Crippen LogP contribution in [-0.4, -0.2) is 18.1 Å². The Morgan fingerprint density at radius 2 is 2.17 bits per heavy atom. The van der Waals surface area contributed by atoms with E-state index < -0.39 is 0 Å². The number of ether oxygens (including phenoxy) is 1. The molecule has 1 unspecified atom stereocenters. The summed E-state index contributed by atoms with van der Waals surface area (Å²) in [4.78, 5) is 15.5. The highest BCUT2D eigenvalue weighted by Crippen LogP contribution is 2.36. The summed E-state index contributed by atoms with van der Waals surface area (Å²) in [6, 6.07) is 13.6. The van der Waals surface area contributed by atoms with Crippen LogP contribution in [0.15, 0.2) is 48.7 Å². The molecule has 1 aliphatic rings. The Labute approximate surface area is 140 Å². The van der Waals surface area contributed by atoms with E-state index in [0.29, 0.717) is 0 Å². The van der Waals surface area contributed by atoms with Crippen molar-refractivity contribution in [2.45, 2.75) is 18.9 Å². The number of hydrogen-bond acceptors (Lipinski definition) is 2. The van der Waals surface area contributed by atoms with Crippen LogP contribution in [0.4, 0.5) is 10.5 Å². The number of rotatable bonds is 3. The summed E-state index contributed by atoms with van der Waals surface area (Å²) >= 11 is 0. The van der Waals surface area contributed by atoms with Crippen molar-refractivity contribution in [2.75, 3.05) is 12.4 Å². The molecule has 3 N–H and O–H groups in total. The molecule has 1 atom stereocenters. The molecule has 24 heavy (non-hydrogen) atoms. The van der Waals surface area contributed by atoms with Gasteiger partial charge in [0.2, 0.25) is 0 Å². The molecule has 1 heterocycles. The molecule has 1 aliphatic carbocycles. The van der Waals surface area contributed by atoms with Crippen LogP contribution in [-0.2, 0) is 6.42 Å². The second-order valence-corrected chi connectivity index (χ2v) is 6.00. The second kappa shape index (κ2) is 5.92. The molecule has 5 nitrogen and oxygen atoms in total. The van der Waals surface area contributed by atoms with Crippen molar-refractivity contribution < 1.29 is 9.53 Å². The summed E-state index contributed by atoms with van der Waals surface area (Å²) in [5.41, 5.74) is 4.11. The number of aromatic amines is 1. The molecule has 0 fully saturated rings. The number of methoxy groups -OCH3 is 1. The lowest BCUT2D eigenvalue weighted by atomic mass is 10.1. The quantitative estimate of drug-likeness (QED) is 0.683. The molecule has 0 spiro atoms. The number of fused-ring (bicyclic) bond motifs is 2. The van der Waals surface area contributed by atoms with E-state index in [0.717, 1.165) is 40.7 Å². The van der Waals surface area contributed by atoms with Crippen LogP contribution in [0.3, 0.4) is 0 Å². The molecular weight excluding hydrogens is 302 g/mol. The number of amides is 2. The van der Waals surface area contributed by atoms with Gasteiger partial charge in [0.05, 0.1) is 13.2 Å². The zero-order valence-electron chi connectivity index (χ0n) is 13.4. The van der Waals surface area contributed by atoms with Crippen molar-refractivity contribution in [1.82, 2.24) is 10.3 Å². The van der Waals surface area contributed by atoms with Crippen molar-refractivity contribution in [3.8, 4) is 5.75 Å². The van der Waals surface area contributed by atoms with Crippen LogP contribution in [0.5, 0.6) is 5.75 Å². The largest absolute Gasteiger partial charge is 0.496 e. The van der Waals surface area contributed by atoms with Crippen LogP contribution in [0, 0.1) is 0 Å². The standard InChI is InChI=1S/C19H19N3O2/c1-24-18-4-2-3-14-15(18)7-8-16(14)22-19(23)21-13-6-5-12-9-10-20-17(12)11-13/h2-6,9-11,16,20H,7-8H2,1H3,(H2,21,22,23). The number of nitrogens with one attached hydrogen (secondary N) is 3. The number of aromatic nitrogens is 1. The van der Waals surface area contributed by atoms with Crippen LogP contribution >= 0.6 is 0 Å². The lowest BCUT2D eigenvalue weighted by Gasteiger charge is -2.15. The Morgan fingerprint density at radius 3 is 3.04 bits per heavy atom. The van der Waals surface area contributed by atoms with E-state index in [9.17, 15) is 4.79 Å². The van der Waals surface area contributed by atoms with Gasteiger partial charge in [0.1, 0.15) is 5.75 Å². The molecule has 0 saturated carbocycles. The zero-order valence-corrected chi connectivity index (χ0v) is 13.4. The molecule has 0 bridgehead atoms. The number of carbonyl (C=O) groups is 1. The van der Waals surface area contributed by atoms with E-state index in [4.69, 9.17) is 4.74 Å². The molecule has 122 valence electrons. The van der Waals surface area contributed by atoms with Crippen molar-refractivity contribution in [2.24, 2.45) is 0 Å². The minimum absolute atomic E-state index is 0.0179. The van der Waals surface area contributed by atoms with Crippen LogP contribution in [0.25, 0.3) is 10.9 Å². The van der Waals surface area contributed by atoms with Gasteiger partial charge in [0.15, 0.2) is 0 Å². The molecule has 2 amide bonds. The second-order valence-electron chi connectivity index (χ2n) is 6.00.